The van der Waals surface area contributed by atoms with Gasteiger partial charge in [0.05, 0.1) is 4.90 Å². The number of hydrogen-bond donors (Lipinski definition) is 1. The topological polar surface area (TPSA) is 85.1 Å². The highest BCUT2D eigenvalue weighted by atomic mass is 32.2. The van der Waals surface area contributed by atoms with Crippen molar-refractivity contribution in [1.82, 2.24) is 14.9 Å². The molecular formula is C10H11N3O3S. The molecule has 17 heavy (non-hydrogen) atoms. The highest BCUT2D eigenvalue weighted by Gasteiger charge is 2.13. The highest BCUT2D eigenvalue weighted by Crippen LogP contribution is 2.20. The van der Waals surface area contributed by atoms with Gasteiger partial charge in [-0.2, -0.15) is 0 Å². The van der Waals surface area contributed by atoms with Crippen molar-refractivity contribution >= 4 is 10.0 Å². The molecule has 0 atom stereocenters. The first-order chi connectivity index (χ1) is 8.03. The standard InChI is InChI=1S/C10H11N3O3S/c1-7-12-13-10(16-7)8-4-3-5-9(6-8)17(14,15)11-2/h3-6,11H,1-2H3. The van der Waals surface area contributed by atoms with Crippen LogP contribution >= 0.6 is 0 Å². The maximum Gasteiger partial charge on any atom is 0.247 e. The summed E-state index contributed by atoms with van der Waals surface area (Å²) in [4.78, 5) is 0.161. The van der Waals surface area contributed by atoms with Gasteiger partial charge in [-0.15, -0.1) is 10.2 Å². The highest BCUT2D eigenvalue weighted by molar-refractivity contribution is 7.89. The molecule has 90 valence electrons. The first-order valence-corrected chi connectivity index (χ1v) is 6.35. The molecule has 0 aliphatic carbocycles. The zero-order valence-corrected chi connectivity index (χ0v) is 10.2. The number of nitrogens with one attached hydrogen (secondary N) is 1. The summed E-state index contributed by atoms with van der Waals surface area (Å²) in [6.45, 7) is 1.67. The van der Waals surface area contributed by atoms with Gasteiger partial charge in [-0.1, -0.05) is 6.07 Å². The van der Waals surface area contributed by atoms with E-state index >= 15 is 0 Å². The number of aromatic nitrogens is 2. The van der Waals surface area contributed by atoms with Gasteiger partial charge in [0, 0.05) is 12.5 Å². The number of hydrogen-bond acceptors (Lipinski definition) is 5. The fourth-order valence-electron chi connectivity index (χ4n) is 1.33. The molecule has 0 amide bonds. The minimum atomic E-state index is -3.46. The molecule has 0 spiro atoms. The van der Waals surface area contributed by atoms with E-state index in [9.17, 15) is 8.42 Å². The van der Waals surface area contributed by atoms with Gasteiger partial charge in [0.25, 0.3) is 0 Å². The summed E-state index contributed by atoms with van der Waals surface area (Å²) in [5, 5.41) is 7.53. The van der Waals surface area contributed by atoms with Crippen molar-refractivity contribution < 1.29 is 12.8 Å². The lowest BCUT2D eigenvalue weighted by molar-refractivity contribution is 0.532. The third-order valence-electron chi connectivity index (χ3n) is 2.19. The van der Waals surface area contributed by atoms with E-state index in [0.29, 0.717) is 17.3 Å². The molecule has 6 nitrogen and oxygen atoms in total. The molecule has 0 saturated heterocycles. The Bertz CT molecular complexity index is 634. The Morgan fingerprint density at radius 3 is 2.65 bits per heavy atom. The molecular weight excluding hydrogens is 242 g/mol. The first kappa shape index (κ1) is 11.7. The van der Waals surface area contributed by atoms with E-state index < -0.39 is 10.0 Å². The molecule has 2 aromatic rings. The normalized spacial score (nSPS) is 11.6. The van der Waals surface area contributed by atoms with Gasteiger partial charge in [-0.3, -0.25) is 0 Å². The molecule has 0 saturated carbocycles. The zero-order chi connectivity index (χ0) is 12.5. The summed E-state index contributed by atoms with van der Waals surface area (Å²) >= 11 is 0. The van der Waals surface area contributed by atoms with Crippen molar-refractivity contribution in [3.63, 3.8) is 0 Å². The van der Waals surface area contributed by atoms with Gasteiger partial charge in [0.2, 0.25) is 21.8 Å². The Hall–Kier alpha value is -1.73. The fourth-order valence-corrected chi connectivity index (χ4v) is 2.10. The van der Waals surface area contributed by atoms with Crippen molar-refractivity contribution in [2.24, 2.45) is 0 Å². The van der Waals surface area contributed by atoms with Crippen LogP contribution in [0.3, 0.4) is 0 Å². The minimum Gasteiger partial charge on any atom is -0.421 e. The monoisotopic (exact) mass is 253 g/mol. The van der Waals surface area contributed by atoms with Crippen LogP contribution in [0.25, 0.3) is 11.5 Å². The second-order valence-electron chi connectivity index (χ2n) is 3.36. The van der Waals surface area contributed by atoms with Crippen molar-refractivity contribution in [3.05, 3.63) is 30.2 Å². The Balaban J connectivity index is 2.49. The lowest BCUT2D eigenvalue weighted by Crippen LogP contribution is -2.18. The number of nitrogens with zero attached hydrogens (tertiary/aromatic N) is 2. The number of aryl methyl sites for hydroxylation is 1. The lowest BCUT2D eigenvalue weighted by atomic mass is 10.2. The third-order valence-corrected chi connectivity index (χ3v) is 3.60. The summed E-state index contributed by atoms with van der Waals surface area (Å²) < 4.78 is 30.7. The van der Waals surface area contributed by atoms with Gasteiger partial charge in [0.15, 0.2) is 0 Å². The molecule has 2 rings (SSSR count). The maximum absolute atomic E-state index is 11.6. The van der Waals surface area contributed by atoms with Crippen LogP contribution in [0.1, 0.15) is 5.89 Å². The molecule has 7 heteroatoms. The zero-order valence-electron chi connectivity index (χ0n) is 9.34. The molecule has 1 aromatic heterocycles. The SMILES string of the molecule is CNS(=O)(=O)c1cccc(-c2nnc(C)o2)c1. The molecule has 0 aliphatic heterocycles. The fraction of sp³-hybridized carbons (Fsp3) is 0.200. The Labute approximate surface area is 98.7 Å². The van der Waals surface area contributed by atoms with Crippen LogP contribution in [0, 0.1) is 6.92 Å². The molecule has 0 radical (unpaired) electrons. The van der Waals surface area contributed by atoms with Crippen molar-refractivity contribution in [2.45, 2.75) is 11.8 Å². The molecule has 0 fully saturated rings. The Morgan fingerprint density at radius 2 is 2.06 bits per heavy atom. The second-order valence-corrected chi connectivity index (χ2v) is 5.25. The lowest BCUT2D eigenvalue weighted by Gasteiger charge is -2.02. The van der Waals surface area contributed by atoms with Crippen LogP contribution in [-0.2, 0) is 10.0 Å². The van der Waals surface area contributed by atoms with Crippen LogP contribution < -0.4 is 4.72 Å². The second kappa shape index (κ2) is 4.27. The predicted molar refractivity (Wildman–Crippen MR) is 60.7 cm³/mol. The molecule has 1 heterocycles. The van der Waals surface area contributed by atoms with Gasteiger partial charge in [-0.05, 0) is 25.2 Å². The van der Waals surface area contributed by atoms with Crippen LogP contribution in [0.15, 0.2) is 33.6 Å². The molecule has 0 aliphatic rings. The van der Waals surface area contributed by atoms with Gasteiger partial charge in [0.1, 0.15) is 0 Å². The molecule has 1 N–H and O–H groups in total. The summed E-state index contributed by atoms with van der Waals surface area (Å²) in [6, 6.07) is 6.32. The van der Waals surface area contributed by atoms with Gasteiger partial charge < -0.3 is 4.42 Å². The van der Waals surface area contributed by atoms with Crippen molar-refractivity contribution in [2.75, 3.05) is 7.05 Å². The van der Waals surface area contributed by atoms with Gasteiger partial charge in [-0.25, -0.2) is 13.1 Å². The maximum atomic E-state index is 11.6. The van der Waals surface area contributed by atoms with Crippen LogP contribution in [0.5, 0.6) is 0 Å². The molecule has 0 unspecified atom stereocenters. The first-order valence-electron chi connectivity index (χ1n) is 4.87. The van der Waals surface area contributed by atoms with Crippen molar-refractivity contribution in [3.8, 4) is 11.5 Å². The predicted octanol–water partition coefficient (Wildman–Crippen LogP) is 0.953. The minimum absolute atomic E-state index is 0.161. The smallest absolute Gasteiger partial charge is 0.247 e. The molecule has 1 aromatic carbocycles. The van der Waals surface area contributed by atoms with Crippen LogP contribution in [-0.4, -0.2) is 25.7 Å². The summed E-state index contributed by atoms with van der Waals surface area (Å²) in [5.41, 5.74) is 0.571. The van der Waals surface area contributed by atoms with Crippen LogP contribution in [0.4, 0.5) is 0 Å². The van der Waals surface area contributed by atoms with E-state index in [4.69, 9.17) is 4.42 Å². The van der Waals surface area contributed by atoms with E-state index in [1.165, 1.54) is 19.2 Å². The van der Waals surface area contributed by atoms with E-state index in [0.717, 1.165) is 0 Å². The average molecular weight is 253 g/mol. The molecule has 0 bridgehead atoms. The largest absolute Gasteiger partial charge is 0.421 e. The Morgan fingerprint density at radius 1 is 1.29 bits per heavy atom. The number of sulfonamides is 1. The Kier molecular flexibility index (Phi) is 2.95. The summed E-state index contributed by atoms with van der Waals surface area (Å²) in [7, 11) is -2.10. The number of rotatable bonds is 3. The van der Waals surface area contributed by atoms with E-state index in [-0.39, 0.29) is 4.90 Å². The third kappa shape index (κ3) is 2.34. The summed E-state index contributed by atoms with van der Waals surface area (Å²) in [6.07, 6.45) is 0. The quantitative estimate of drug-likeness (QED) is 0.880. The van der Waals surface area contributed by atoms with E-state index in [2.05, 4.69) is 14.9 Å². The van der Waals surface area contributed by atoms with Gasteiger partial charge >= 0.3 is 0 Å². The van der Waals surface area contributed by atoms with E-state index in [1.807, 2.05) is 0 Å². The van der Waals surface area contributed by atoms with Crippen LogP contribution in [0.2, 0.25) is 0 Å². The average Bonchev–Trinajstić information content (AvgIpc) is 2.76. The van der Waals surface area contributed by atoms with E-state index in [1.54, 1.807) is 19.1 Å². The summed E-state index contributed by atoms with van der Waals surface area (Å²) in [5.74, 6) is 0.734. The number of benzene rings is 1. The van der Waals surface area contributed by atoms with Crippen molar-refractivity contribution in [1.29, 1.82) is 0 Å².